The number of likely N-dealkylation sites (tertiary alicyclic amines) is 1. The molecule has 0 radical (unpaired) electrons. The number of imide groups is 1. The van der Waals surface area contributed by atoms with E-state index in [1.54, 1.807) is 30.0 Å². The SMILES string of the molecule is O=C1CC[C@@H](Nc2ccc(N3CCN(CCN4CCC(COc5cc(F)c6c(=O)[nH]c(CSC7CCOCC7)nc6c5)CC4)CC3)c(F)c2)C(=O)N1. The Hall–Kier alpha value is -3.79. The fraction of sp³-hybridized carbons (Fsp3) is 0.568. The van der Waals surface area contributed by atoms with Gasteiger partial charge in [-0.05, 0) is 69.3 Å². The van der Waals surface area contributed by atoms with E-state index in [9.17, 15) is 18.8 Å². The highest BCUT2D eigenvalue weighted by Gasteiger charge is 2.27. The Labute approximate surface area is 306 Å². The Morgan fingerprint density at radius 1 is 0.904 bits per heavy atom. The Balaban J connectivity index is 0.821. The predicted molar refractivity (Wildman–Crippen MR) is 197 cm³/mol. The van der Waals surface area contributed by atoms with Gasteiger partial charge in [0.15, 0.2) is 0 Å². The number of nitrogens with one attached hydrogen (secondary N) is 3. The Kier molecular flexibility index (Phi) is 11.9. The molecule has 52 heavy (non-hydrogen) atoms. The zero-order valence-corrected chi connectivity index (χ0v) is 30.2. The van der Waals surface area contributed by atoms with Crippen LogP contribution in [0.15, 0.2) is 35.1 Å². The summed E-state index contributed by atoms with van der Waals surface area (Å²) in [6, 6.07) is 7.38. The lowest BCUT2D eigenvalue weighted by atomic mass is 9.98. The van der Waals surface area contributed by atoms with Crippen molar-refractivity contribution in [2.24, 2.45) is 5.92 Å². The van der Waals surface area contributed by atoms with Gasteiger partial charge < -0.3 is 29.6 Å². The zero-order chi connectivity index (χ0) is 36.0. The molecular weight excluding hydrogens is 693 g/mol. The van der Waals surface area contributed by atoms with Gasteiger partial charge in [0.2, 0.25) is 11.8 Å². The summed E-state index contributed by atoms with van der Waals surface area (Å²) in [7, 11) is 0. The van der Waals surface area contributed by atoms with Crippen molar-refractivity contribution in [3.63, 3.8) is 0 Å². The lowest BCUT2D eigenvalue weighted by molar-refractivity contribution is -0.133. The van der Waals surface area contributed by atoms with E-state index in [1.807, 2.05) is 0 Å². The second-order valence-corrected chi connectivity index (χ2v) is 15.5. The molecule has 5 heterocycles. The molecule has 4 fully saturated rings. The second kappa shape index (κ2) is 16.9. The maximum Gasteiger partial charge on any atom is 0.261 e. The minimum Gasteiger partial charge on any atom is -0.493 e. The number of thioether (sulfide) groups is 1. The van der Waals surface area contributed by atoms with Crippen molar-refractivity contribution in [1.82, 2.24) is 25.1 Å². The quantitative estimate of drug-likeness (QED) is 0.235. The molecule has 280 valence electrons. The van der Waals surface area contributed by atoms with Gasteiger partial charge in [0.05, 0.1) is 23.6 Å². The predicted octanol–water partition coefficient (Wildman–Crippen LogP) is 3.74. The van der Waals surface area contributed by atoms with Crippen molar-refractivity contribution in [3.05, 3.63) is 58.1 Å². The molecular formula is C37H47F2N7O5S. The summed E-state index contributed by atoms with van der Waals surface area (Å²) < 4.78 is 41.6. The van der Waals surface area contributed by atoms with E-state index < -0.39 is 17.4 Å². The second-order valence-electron chi connectivity index (χ2n) is 14.2. The number of ether oxygens (including phenoxy) is 2. The van der Waals surface area contributed by atoms with E-state index in [0.29, 0.717) is 58.4 Å². The van der Waals surface area contributed by atoms with Crippen LogP contribution >= 0.6 is 11.8 Å². The highest BCUT2D eigenvalue weighted by Crippen LogP contribution is 2.28. The third kappa shape index (κ3) is 9.22. The molecule has 0 bridgehead atoms. The van der Waals surface area contributed by atoms with Gasteiger partial charge in [-0.1, -0.05) is 0 Å². The van der Waals surface area contributed by atoms with Crippen LogP contribution in [0.2, 0.25) is 0 Å². The van der Waals surface area contributed by atoms with Crippen molar-refractivity contribution in [2.45, 2.75) is 55.6 Å². The first kappa shape index (κ1) is 36.6. The Bertz CT molecular complexity index is 1790. The van der Waals surface area contributed by atoms with Crippen molar-refractivity contribution < 1.29 is 27.8 Å². The molecule has 3 N–H and O–H groups in total. The molecule has 1 atom stereocenters. The number of amides is 2. The van der Waals surface area contributed by atoms with Gasteiger partial charge in [-0.25, -0.2) is 13.8 Å². The van der Waals surface area contributed by atoms with Crippen LogP contribution in [0.5, 0.6) is 5.75 Å². The lowest BCUT2D eigenvalue weighted by Gasteiger charge is -2.38. The number of fused-ring (bicyclic) bond motifs is 1. The summed E-state index contributed by atoms with van der Waals surface area (Å²) >= 11 is 1.75. The van der Waals surface area contributed by atoms with Gasteiger partial charge in [0, 0.05) is 82.0 Å². The molecule has 0 aliphatic carbocycles. The van der Waals surface area contributed by atoms with Crippen LogP contribution in [0.25, 0.3) is 10.9 Å². The number of piperidine rings is 2. The largest absolute Gasteiger partial charge is 0.493 e. The molecule has 4 saturated heterocycles. The summed E-state index contributed by atoms with van der Waals surface area (Å²) in [6.45, 7) is 8.99. The summed E-state index contributed by atoms with van der Waals surface area (Å²) in [5.74, 6) is 0.237. The molecule has 2 amide bonds. The number of carbonyl (C=O) groups is 2. The normalized spacial score (nSPS) is 21.4. The molecule has 4 aliphatic heterocycles. The van der Waals surface area contributed by atoms with E-state index >= 15 is 4.39 Å². The zero-order valence-electron chi connectivity index (χ0n) is 29.3. The van der Waals surface area contributed by atoms with Crippen LogP contribution in [0, 0.1) is 17.6 Å². The number of hydrogen-bond donors (Lipinski definition) is 3. The fourth-order valence-electron chi connectivity index (χ4n) is 7.41. The Morgan fingerprint density at radius 2 is 1.65 bits per heavy atom. The van der Waals surface area contributed by atoms with E-state index in [1.165, 1.54) is 12.1 Å². The number of piperazine rings is 1. The first-order valence-electron chi connectivity index (χ1n) is 18.4. The van der Waals surface area contributed by atoms with Crippen LogP contribution < -0.4 is 25.8 Å². The average molecular weight is 740 g/mol. The third-order valence-corrected chi connectivity index (χ3v) is 12.0. The van der Waals surface area contributed by atoms with Crippen molar-refractivity contribution in [1.29, 1.82) is 0 Å². The molecule has 15 heteroatoms. The van der Waals surface area contributed by atoms with Crippen LogP contribution in [0.4, 0.5) is 20.2 Å². The molecule has 1 aromatic heterocycles. The first-order valence-corrected chi connectivity index (χ1v) is 19.5. The molecule has 3 aromatic rings. The smallest absolute Gasteiger partial charge is 0.261 e. The number of hydrogen-bond acceptors (Lipinski definition) is 11. The van der Waals surface area contributed by atoms with Gasteiger partial charge in [-0.3, -0.25) is 24.6 Å². The topological polar surface area (TPSA) is 132 Å². The molecule has 7 rings (SSSR count). The van der Waals surface area contributed by atoms with Gasteiger partial charge in [-0.2, -0.15) is 11.8 Å². The number of anilines is 2. The molecule has 12 nitrogen and oxygen atoms in total. The van der Waals surface area contributed by atoms with Gasteiger partial charge in [0.25, 0.3) is 5.56 Å². The van der Waals surface area contributed by atoms with Crippen molar-refractivity contribution in [2.75, 3.05) is 82.4 Å². The van der Waals surface area contributed by atoms with E-state index in [0.717, 1.165) is 91.3 Å². The van der Waals surface area contributed by atoms with Crippen LogP contribution in [0.1, 0.15) is 44.3 Å². The van der Waals surface area contributed by atoms with Crippen LogP contribution in [0.3, 0.4) is 0 Å². The summed E-state index contributed by atoms with van der Waals surface area (Å²) in [5.41, 5.74) is 0.929. The number of aromatic amines is 1. The number of aromatic nitrogens is 2. The van der Waals surface area contributed by atoms with E-state index in [2.05, 4.69) is 35.3 Å². The maximum atomic E-state index is 15.1. The van der Waals surface area contributed by atoms with Gasteiger partial charge in [-0.15, -0.1) is 0 Å². The summed E-state index contributed by atoms with van der Waals surface area (Å²) in [4.78, 5) is 50.4. The van der Waals surface area contributed by atoms with Crippen molar-refractivity contribution in [3.8, 4) is 5.75 Å². The van der Waals surface area contributed by atoms with E-state index in [4.69, 9.17) is 9.47 Å². The number of carbonyl (C=O) groups excluding carboxylic acids is 2. The highest BCUT2D eigenvalue weighted by atomic mass is 32.2. The van der Waals surface area contributed by atoms with Gasteiger partial charge >= 0.3 is 0 Å². The third-order valence-electron chi connectivity index (χ3n) is 10.6. The molecule has 2 aromatic carbocycles. The van der Waals surface area contributed by atoms with Crippen LogP contribution in [-0.2, 0) is 20.1 Å². The molecule has 0 saturated carbocycles. The number of nitrogens with zero attached hydrogens (tertiary/aromatic N) is 4. The Morgan fingerprint density at radius 3 is 2.38 bits per heavy atom. The van der Waals surface area contributed by atoms with Crippen LogP contribution in [-0.4, -0.2) is 115 Å². The van der Waals surface area contributed by atoms with Crippen molar-refractivity contribution >= 4 is 45.9 Å². The fourth-order valence-corrected chi connectivity index (χ4v) is 8.47. The molecule has 4 aliphatic rings. The van der Waals surface area contributed by atoms with E-state index in [-0.39, 0.29) is 29.4 Å². The summed E-state index contributed by atoms with van der Waals surface area (Å²) in [5, 5.41) is 5.79. The summed E-state index contributed by atoms with van der Waals surface area (Å²) in [6.07, 6.45) is 4.58. The number of halogens is 2. The molecule has 0 spiro atoms. The highest BCUT2D eigenvalue weighted by molar-refractivity contribution is 7.99. The monoisotopic (exact) mass is 739 g/mol. The lowest BCUT2D eigenvalue weighted by Crippen LogP contribution is -2.49. The molecule has 0 unspecified atom stereocenters. The maximum absolute atomic E-state index is 15.1. The number of rotatable bonds is 12. The number of benzene rings is 2. The minimum atomic E-state index is -0.622. The number of H-pyrrole nitrogens is 1. The minimum absolute atomic E-state index is 0.0377. The first-order chi connectivity index (χ1) is 25.3. The average Bonchev–Trinajstić information content (AvgIpc) is 3.14. The van der Waals surface area contributed by atoms with Gasteiger partial charge in [0.1, 0.15) is 34.6 Å². The standard InChI is InChI=1S/C37H47F2N7O5S/c38-28-19-25(40-30-2-4-34(47)43-36(30)48)1-3-32(28)46-15-13-45(14-16-46)12-11-44-9-5-24(6-10-44)22-51-26-20-29(39)35-31(21-26)41-33(42-37(35)49)23-52-27-7-17-50-18-8-27/h1,3,19-21,24,27,30,40H,2,4-18,22-23H2,(H,41,42,49)(H,43,47,48)/t30-/m1/s1.